The molecule has 9 heteroatoms. The van der Waals surface area contributed by atoms with Gasteiger partial charge in [-0.05, 0) is 35.8 Å². The first-order chi connectivity index (χ1) is 13.6. The molecular weight excluding hydrogens is 419 g/mol. The molecule has 3 aromatic heterocycles. The zero-order valence-electron chi connectivity index (χ0n) is 15.9. The van der Waals surface area contributed by atoms with Crippen LogP contribution < -0.4 is 5.73 Å². The number of carbonyl (C=O) groups excluding carboxylic acids is 1. The summed E-state index contributed by atoms with van der Waals surface area (Å²) in [6.45, 7) is 5.30. The Labute approximate surface area is 174 Å². The van der Waals surface area contributed by atoms with Gasteiger partial charge in [-0.3, -0.25) is 4.79 Å². The number of pyridine rings is 1. The highest BCUT2D eigenvalue weighted by molar-refractivity contribution is 7.21. The number of piperidine rings is 1. The lowest BCUT2D eigenvalue weighted by molar-refractivity contribution is -0.136. The average Bonchev–Trinajstić information content (AvgIpc) is 3.27. The number of thiophene rings is 2. The van der Waals surface area contributed by atoms with Crippen molar-refractivity contribution in [2.45, 2.75) is 26.4 Å². The van der Waals surface area contributed by atoms with Crippen LogP contribution in [0.1, 0.15) is 35.5 Å². The highest BCUT2D eigenvalue weighted by Crippen LogP contribution is 2.44. The molecule has 0 radical (unpaired) electrons. The van der Waals surface area contributed by atoms with Crippen LogP contribution >= 0.6 is 22.7 Å². The van der Waals surface area contributed by atoms with Gasteiger partial charge in [0.15, 0.2) is 0 Å². The van der Waals surface area contributed by atoms with E-state index in [0.29, 0.717) is 29.8 Å². The highest BCUT2D eigenvalue weighted by Gasteiger charge is 2.37. The quantitative estimate of drug-likeness (QED) is 0.554. The second-order valence-electron chi connectivity index (χ2n) is 7.71. The van der Waals surface area contributed by atoms with Gasteiger partial charge in [-0.1, -0.05) is 19.9 Å². The third-order valence-corrected chi connectivity index (χ3v) is 7.11. The maximum Gasteiger partial charge on any atom is 0.417 e. The third-order valence-electron chi connectivity index (χ3n) is 5.13. The van der Waals surface area contributed by atoms with Gasteiger partial charge in [0.2, 0.25) is 0 Å². The zero-order chi connectivity index (χ0) is 20.9. The van der Waals surface area contributed by atoms with E-state index in [9.17, 15) is 18.0 Å². The number of halogens is 3. The van der Waals surface area contributed by atoms with Crippen LogP contribution in [0.5, 0.6) is 0 Å². The number of carbonyl (C=O) groups is 1. The number of anilines is 1. The van der Waals surface area contributed by atoms with Crippen LogP contribution in [-0.2, 0) is 6.18 Å². The number of aromatic nitrogens is 1. The summed E-state index contributed by atoms with van der Waals surface area (Å²) in [6.07, 6.45) is -3.58. The van der Waals surface area contributed by atoms with Gasteiger partial charge in [-0.25, -0.2) is 4.98 Å². The lowest BCUT2D eigenvalue weighted by Crippen LogP contribution is -2.42. The molecule has 1 fully saturated rings. The number of alkyl halides is 3. The molecular formula is C20H20F3N3OS2. The van der Waals surface area contributed by atoms with Gasteiger partial charge in [0.1, 0.15) is 9.71 Å². The Morgan fingerprint density at radius 3 is 2.55 bits per heavy atom. The maximum absolute atomic E-state index is 13.8. The Morgan fingerprint density at radius 2 is 1.97 bits per heavy atom. The summed E-state index contributed by atoms with van der Waals surface area (Å²) >= 11 is 2.26. The van der Waals surface area contributed by atoms with E-state index < -0.39 is 11.7 Å². The van der Waals surface area contributed by atoms with Gasteiger partial charge in [-0.2, -0.15) is 13.2 Å². The molecule has 4 heterocycles. The molecule has 1 aliphatic rings. The Balaban J connectivity index is 1.85. The molecule has 1 aliphatic heterocycles. The minimum Gasteiger partial charge on any atom is -0.397 e. The largest absolute Gasteiger partial charge is 0.417 e. The Kier molecular flexibility index (Phi) is 5.06. The number of hydrogen-bond donors (Lipinski definition) is 1. The maximum atomic E-state index is 13.8. The molecule has 0 bridgehead atoms. The lowest BCUT2D eigenvalue weighted by Gasteiger charge is -2.34. The monoisotopic (exact) mass is 439 g/mol. The molecule has 4 nitrogen and oxygen atoms in total. The summed E-state index contributed by atoms with van der Waals surface area (Å²) < 4.78 is 41.4. The highest BCUT2D eigenvalue weighted by atomic mass is 32.1. The van der Waals surface area contributed by atoms with Crippen LogP contribution in [-0.4, -0.2) is 28.9 Å². The number of nitrogens with two attached hydrogens (primary N) is 1. The van der Waals surface area contributed by atoms with Crippen LogP contribution in [0.2, 0.25) is 0 Å². The first-order valence-corrected chi connectivity index (χ1v) is 11.0. The summed E-state index contributed by atoms with van der Waals surface area (Å²) in [5.41, 5.74) is 5.37. The summed E-state index contributed by atoms with van der Waals surface area (Å²) in [5.74, 6) is 0.370. The minimum absolute atomic E-state index is 0.126. The summed E-state index contributed by atoms with van der Waals surface area (Å²) in [5, 5.41) is 1.61. The minimum atomic E-state index is -4.60. The van der Waals surface area contributed by atoms with Crippen molar-refractivity contribution in [1.82, 2.24) is 9.88 Å². The van der Waals surface area contributed by atoms with Crippen LogP contribution in [0.15, 0.2) is 23.6 Å². The number of rotatable bonds is 2. The van der Waals surface area contributed by atoms with Crippen molar-refractivity contribution in [1.29, 1.82) is 0 Å². The third kappa shape index (κ3) is 3.73. The van der Waals surface area contributed by atoms with E-state index in [2.05, 4.69) is 18.8 Å². The molecule has 0 aliphatic carbocycles. The van der Waals surface area contributed by atoms with Crippen molar-refractivity contribution >= 4 is 44.5 Å². The van der Waals surface area contributed by atoms with Crippen molar-refractivity contribution in [2.75, 3.05) is 18.8 Å². The molecule has 2 N–H and O–H groups in total. The predicted octanol–water partition coefficient (Wildman–Crippen LogP) is 5.74. The van der Waals surface area contributed by atoms with E-state index in [0.717, 1.165) is 23.8 Å². The molecule has 29 heavy (non-hydrogen) atoms. The van der Waals surface area contributed by atoms with E-state index in [1.165, 1.54) is 11.3 Å². The van der Waals surface area contributed by atoms with Crippen molar-refractivity contribution in [3.05, 3.63) is 34.0 Å². The molecule has 0 aromatic carbocycles. The number of amides is 1. The van der Waals surface area contributed by atoms with Crippen LogP contribution in [0, 0.1) is 11.8 Å². The van der Waals surface area contributed by atoms with Gasteiger partial charge < -0.3 is 10.6 Å². The number of nitrogen functional groups attached to an aromatic ring is 1. The van der Waals surface area contributed by atoms with E-state index in [-0.39, 0.29) is 32.4 Å². The van der Waals surface area contributed by atoms with Gasteiger partial charge in [0.25, 0.3) is 5.91 Å². The normalized spacial score (nSPS) is 20.4. The fraction of sp³-hybridized carbons (Fsp3) is 0.400. The van der Waals surface area contributed by atoms with Gasteiger partial charge in [-0.15, -0.1) is 22.7 Å². The SMILES string of the molecule is C[C@@H]1C[C@@H](C)CN(C(=O)c2sc3nc(-c4cccs4)cc(C(F)(F)F)c3c2N)C1. The second kappa shape index (κ2) is 7.28. The molecule has 2 atom stereocenters. The lowest BCUT2D eigenvalue weighted by atomic mass is 9.92. The molecule has 3 aromatic rings. The first kappa shape index (κ1) is 20.2. The van der Waals surface area contributed by atoms with Crippen LogP contribution in [0.4, 0.5) is 18.9 Å². The molecule has 0 unspecified atom stereocenters. The number of hydrogen-bond acceptors (Lipinski definition) is 5. The Bertz CT molecular complexity index is 1050. The van der Waals surface area contributed by atoms with E-state index in [1.807, 2.05) is 0 Å². The Hall–Kier alpha value is -2.13. The smallest absolute Gasteiger partial charge is 0.397 e. The zero-order valence-corrected chi connectivity index (χ0v) is 17.5. The first-order valence-electron chi connectivity index (χ1n) is 9.28. The second-order valence-corrected chi connectivity index (χ2v) is 9.66. The molecule has 0 saturated carbocycles. The number of nitrogens with zero attached hydrogens (tertiary/aromatic N) is 2. The van der Waals surface area contributed by atoms with Crippen molar-refractivity contribution in [2.24, 2.45) is 11.8 Å². The summed E-state index contributed by atoms with van der Waals surface area (Å²) in [6, 6.07) is 4.50. The molecule has 154 valence electrons. The number of fused-ring (bicyclic) bond motifs is 1. The Morgan fingerprint density at radius 1 is 1.28 bits per heavy atom. The van der Waals surface area contributed by atoms with Crippen molar-refractivity contribution in [3.8, 4) is 10.6 Å². The standard InChI is InChI=1S/C20H20F3N3OS2/c1-10-6-11(2)9-26(8-10)19(27)17-16(24)15-12(20(21,22)23)7-13(25-18(15)29-17)14-4-3-5-28-14/h3-5,7,10-11H,6,8-9,24H2,1-2H3/t10-,11-/m1/s1. The molecule has 1 amide bonds. The van der Waals surface area contributed by atoms with Crippen LogP contribution in [0.3, 0.4) is 0 Å². The average molecular weight is 440 g/mol. The number of likely N-dealkylation sites (tertiary alicyclic amines) is 1. The van der Waals surface area contributed by atoms with Gasteiger partial charge in [0.05, 0.1) is 21.8 Å². The van der Waals surface area contributed by atoms with Crippen molar-refractivity contribution in [3.63, 3.8) is 0 Å². The van der Waals surface area contributed by atoms with Crippen LogP contribution in [0.25, 0.3) is 20.8 Å². The predicted molar refractivity (Wildman–Crippen MR) is 111 cm³/mol. The fourth-order valence-electron chi connectivity index (χ4n) is 4.03. The molecule has 0 spiro atoms. The van der Waals surface area contributed by atoms with Gasteiger partial charge in [0, 0.05) is 18.5 Å². The fourth-order valence-corrected chi connectivity index (χ4v) is 5.80. The van der Waals surface area contributed by atoms with Gasteiger partial charge >= 0.3 is 6.18 Å². The van der Waals surface area contributed by atoms with E-state index >= 15 is 0 Å². The van der Waals surface area contributed by atoms with Crippen molar-refractivity contribution < 1.29 is 18.0 Å². The molecule has 4 rings (SSSR count). The van der Waals surface area contributed by atoms with E-state index in [1.54, 1.807) is 22.4 Å². The topological polar surface area (TPSA) is 59.2 Å². The molecule has 1 saturated heterocycles. The summed E-state index contributed by atoms with van der Waals surface area (Å²) in [4.78, 5) is 20.1. The summed E-state index contributed by atoms with van der Waals surface area (Å²) in [7, 11) is 0. The van der Waals surface area contributed by atoms with E-state index in [4.69, 9.17) is 5.73 Å².